The molecule has 0 N–H and O–H groups in total. The Bertz CT molecular complexity index is 792. The number of carbonyl (C=O) groups is 1. The zero-order chi connectivity index (χ0) is 24.0. The fourth-order valence-electron chi connectivity index (χ4n) is 9.15. The van der Waals surface area contributed by atoms with Crippen molar-refractivity contribution in [1.82, 2.24) is 0 Å². The van der Waals surface area contributed by atoms with Crippen molar-refractivity contribution in [3.05, 3.63) is 14.7 Å². The van der Waals surface area contributed by atoms with Gasteiger partial charge >= 0.3 is 5.97 Å². The van der Waals surface area contributed by atoms with E-state index in [2.05, 4.69) is 36.3 Å². The standard InChI is InChI=1S/C25H39N3O5/c1-14(5-8-22(29)33-4)17-6-7-18-23-19(13-21(28-32)25(17,18)3)24(2)10-9-16(26-30)11-15(24)12-20(23)27-31/h14-21,23H,5-13H2,1-4H3/t14-,15+,16?,17-,18+,19+,20?,21?,23+,24+,25-/m1/s1. The van der Waals surface area contributed by atoms with Gasteiger partial charge in [-0.05, 0) is 97.7 Å². The van der Waals surface area contributed by atoms with Crippen molar-refractivity contribution >= 4 is 5.97 Å². The number of esters is 1. The van der Waals surface area contributed by atoms with Gasteiger partial charge in [0.2, 0.25) is 0 Å². The van der Waals surface area contributed by atoms with Crippen LogP contribution in [0.25, 0.3) is 0 Å². The van der Waals surface area contributed by atoms with E-state index in [4.69, 9.17) is 4.74 Å². The number of ether oxygens (including phenoxy) is 1. The maximum atomic E-state index is 12.3. The highest BCUT2D eigenvalue weighted by atomic mass is 16.5. The van der Waals surface area contributed by atoms with Gasteiger partial charge < -0.3 is 4.74 Å². The van der Waals surface area contributed by atoms with E-state index in [0.717, 1.165) is 44.9 Å². The van der Waals surface area contributed by atoms with Gasteiger partial charge in [-0.25, -0.2) is 0 Å². The third-order valence-electron chi connectivity index (χ3n) is 11.0. The molecule has 3 unspecified atom stereocenters. The Labute approximate surface area is 196 Å². The molecule has 0 aromatic rings. The maximum absolute atomic E-state index is 12.3. The molecule has 0 aliphatic heterocycles. The second kappa shape index (κ2) is 9.14. The summed E-state index contributed by atoms with van der Waals surface area (Å²) in [6.07, 6.45) is 6.91. The smallest absolute Gasteiger partial charge is 0.305 e. The number of hydrogen-bond donors (Lipinski definition) is 0. The normalized spacial score (nSPS) is 47.4. The van der Waals surface area contributed by atoms with Crippen LogP contribution in [0.2, 0.25) is 0 Å². The van der Waals surface area contributed by atoms with E-state index in [1.807, 2.05) is 0 Å². The summed E-state index contributed by atoms with van der Waals surface area (Å²) in [6.45, 7) is 6.71. The summed E-state index contributed by atoms with van der Waals surface area (Å²) in [4.78, 5) is 47.4. The van der Waals surface area contributed by atoms with E-state index in [-0.39, 0.29) is 70.4 Å². The lowest BCUT2D eigenvalue weighted by molar-refractivity contribution is -0.142. The number of rotatable bonds is 7. The Morgan fingerprint density at radius 2 is 1.76 bits per heavy atom. The average Bonchev–Trinajstić information content (AvgIpc) is 3.18. The van der Waals surface area contributed by atoms with Crippen molar-refractivity contribution in [3.63, 3.8) is 0 Å². The quantitative estimate of drug-likeness (QED) is 0.348. The number of nitroso groups, excluding NO2 is 3. The number of hydrogen-bond acceptors (Lipinski definition) is 8. The molecule has 4 aliphatic rings. The van der Waals surface area contributed by atoms with Crippen molar-refractivity contribution in [2.75, 3.05) is 7.11 Å². The number of fused-ring (bicyclic) bond motifs is 5. The Hall–Kier alpha value is -1.73. The molecular formula is C25H39N3O5. The molecule has 4 saturated carbocycles. The van der Waals surface area contributed by atoms with Crippen molar-refractivity contribution in [1.29, 1.82) is 0 Å². The maximum Gasteiger partial charge on any atom is 0.305 e. The summed E-state index contributed by atoms with van der Waals surface area (Å²) in [7, 11) is 1.41. The van der Waals surface area contributed by atoms with Crippen LogP contribution in [0.5, 0.6) is 0 Å². The van der Waals surface area contributed by atoms with Crippen molar-refractivity contribution < 1.29 is 9.53 Å². The van der Waals surface area contributed by atoms with Crippen LogP contribution < -0.4 is 0 Å². The van der Waals surface area contributed by atoms with Crippen LogP contribution in [0.15, 0.2) is 15.5 Å². The molecule has 0 bridgehead atoms. The highest BCUT2D eigenvalue weighted by molar-refractivity contribution is 5.69. The van der Waals surface area contributed by atoms with Gasteiger partial charge in [-0.2, -0.15) is 14.7 Å². The number of methoxy groups -OCH3 is 1. The molecule has 0 heterocycles. The molecule has 0 spiro atoms. The van der Waals surface area contributed by atoms with E-state index in [1.165, 1.54) is 7.11 Å². The number of nitrogens with zero attached hydrogens (tertiary/aromatic N) is 3. The minimum atomic E-state index is -0.304. The van der Waals surface area contributed by atoms with Gasteiger partial charge in [0.15, 0.2) is 0 Å². The first kappa shape index (κ1) is 24.4. The van der Waals surface area contributed by atoms with Gasteiger partial charge in [0, 0.05) is 6.42 Å². The summed E-state index contributed by atoms with van der Waals surface area (Å²) < 4.78 is 4.83. The van der Waals surface area contributed by atoms with Crippen LogP contribution in [-0.4, -0.2) is 31.2 Å². The molecule has 0 aromatic carbocycles. The molecule has 0 saturated heterocycles. The molecule has 4 aliphatic carbocycles. The molecule has 184 valence electrons. The highest BCUT2D eigenvalue weighted by Gasteiger charge is 2.67. The average molecular weight is 462 g/mol. The predicted octanol–water partition coefficient (Wildman–Crippen LogP) is 5.86. The van der Waals surface area contributed by atoms with Gasteiger partial charge in [-0.15, -0.1) is 0 Å². The summed E-state index contributed by atoms with van der Waals surface area (Å²) >= 11 is 0. The summed E-state index contributed by atoms with van der Waals surface area (Å²) in [5.74, 6) is 1.19. The third-order valence-corrected chi connectivity index (χ3v) is 11.0. The molecule has 0 aromatic heterocycles. The molecule has 0 amide bonds. The Morgan fingerprint density at radius 1 is 1.00 bits per heavy atom. The van der Waals surface area contributed by atoms with E-state index < -0.39 is 0 Å². The SMILES string of the molecule is COC(=O)CC[C@@H](C)[C@H]1CC[C@H]2[C@@H]3C(N=O)C[C@@H]4CC(N=O)CC[C@]4(C)[C@H]3CC(N=O)[C@]12C. The second-order valence-corrected chi connectivity index (χ2v) is 11.9. The van der Waals surface area contributed by atoms with E-state index in [1.54, 1.807) is 0 Å². The van der Waals surface area contributed by atoms with Crippen LogP contribution in [0.1, 0.15) is 78.6 Å². The first-order valence-corrected chi connectivity index (χ1v) is 12.8. The lowest BCUT2D eigenvalue weighted by atomic mass is 9.42. The van der Waals surface area contributed by atoms with Gasteiger partial charge in [0.1, 0.15) is 0 Å². The van der Waals surface area contributed by atoms with Gasteiger partial charge in [-0.3, -0.25) is 4.79 Å². The molecule has 4 rings (SSSR count). The molecular weight excluding hydrogens is 422 g/mol. The van der Waals surface area contributed by atoms with Crippen LogP contribution in [0.3, 0.4) is 0 Å². The van der Waals surface area contributed by atoms with E-state index in [9.17, 15) is 19.5 Å². The molecule has 0 radical (unpaired) electrons. The zero-order valence-electron chi connectivity index (χ0n) is 20.4. The Balaban J connectivity index is 1.65. The Kier molecular flexibility index (Phi) is 6.76. The van der Waals surface area contributed by atoms with Crippen molar-refractivity contribution in [3.8, 4) is 0 Å². The first-order chi connectivity index (χ1) is 15.7. The molecule has 11 atom stereocenters. The topological polar surface area (TPSA) is 115 Å². The fourth-order valence-corrected chi connectivity index (χ4v) is 9.15. The van der Waals surface area contributed by atoms with Gasteiger partial charge in [-0.1, -0.05) is 36.3 Å². The summed E-state index contributed by atoms with van der Waals surface area (Å²) in [5, 5.41) is 10.7. The van der Waals surface area contributed by atoms with Crippen LogP contribution >= 0.6 is 0 Å². The van der Waals surface area contributed by atoms with Crippen molar-refractivity contribution in [2.45, 2.75) is 96.7 Å². The summed E-state index contributed by atoms with van der Waals surface area (Å²) in [5.41, 5.74) is -0.294. The van der Waals surface area contributed by atoms with E-state index >= 15 is 0 Å². The summed E-state index contributed by atoms with van der Waals surface area (Å²) in [6, 6.07) is -0.756. The minimum Gasteiger partial charge on any atom is -0.469 e. The molecule has 8 heteroatoms. The van der Waals surface area contributed by atoms with Crippen molar-refractivity contribution in [2.24, 2.45) is 61.9 Å². The second-order valence-electron chi connectivity index (χ2n) is 11.9. The molecule has 4 fully saturated rings. The molecule has 8 nitrogen and oxygen atoms in total. The van der Waals surface area contributed by atoms with Gasteiger partial charge in [0.05, 0.1) is 25.2 Å². The fraction of sp³-hybridized carbons (Fsp3) is 0.960. The largest absolute Gasteiger partial charge is 0.469 e. The predicted molar refractivity (Wildman–Crippen MR) is 125 cm³/mol. The minimum absolute atomic E-state index is 0.00803. The van der Waals surface area contributed by atoms with Crippen LogP contribution in [-0.2, 0) is 9.53 Å². The lowest BCUT2D eigenvalue weighted by Crippen LogP contribution is -2.61. The first-order valence-electron chi connectivity index (χ1n) is 12.8. The van der Waals surface area contributed by atoms with Crippen LogP contribution in [0.4, 0.5) is 0 Å². The molecule has 33 heavy (non-hydrogen) atoms. The highest BCUT2D eigenvalue weighted by Crippen LogP contribution is 2.69. The Morgan fingerprint density at radius 3 is 2.39 bits per heavy atom. The van der Waals surface area contributed by atoms with Gasteiger partial charge in [0.25, 0.3) is 0 Å². The zero-order valence-corrected chi connectivity index (χ0v) is 20.4. The van der Waals surface area contributed by atoms with Crippen LogP contribution in [0, 0.1) is 61.1 Å². The lowest BCUT2D eigenvalue weighted by Gasteiger charge is -2.62. The van der Waals surface area contributed by atoms with E-state index in [0.29, 0.717) is 12.8 Å². The monoisotopic (exact) mass is 461 g/mol. The third kappa shape index (κ3) is 3.75. The number of carbonyl (C=O) groups excluding carboxylic acids is 1.